The highest BCUT2D eigenvalue weighted by Gasteiger charge is 2.16. The van der Waals surface area contributed by atoms with Gasteiger partial charge in [-0.1, -0.05) is 23.8 Å². The third-order valence-electron chi connectivity index (χ3n) is 2.25. The summed E-state index contributed by atoms with van der Waals surface area (Å²) in [5.74, 6) is 0.532. The normalized spacial score (nSPS) is 9.94. The van der Waals surface area contributed by atoms with Gasteiger partial charge in [0, 0.05) is 5.46 Å². The predicted octanol–water partition coefficient (Wildman–Crippen LogP) is 1.02. The zero-order valence-electron chi connectivity index (χ0n) is 9.52. The van der Waals surface area contributed by atoms with Gasteiger partial charge < -0.3 is 14.8 Å². The van der Waals surface area contributed by atoms with Gasteiger partial charge in [-0.05, 0) is 25.8 Å². The fourth-order valence-electron chi connectivity index (χ4n) is 1.41. The fourth-order valence-corrected chi connectivity index (χ4v) is 1.41. The Balaban J connectivity index is 2.67. The van der Waals surface area contributed by atoms with Crippen molar-refractivity contribution in [2.24, 2.45) is 0 Å². The van der Waals surface area contributed by atoms with Gasteiger partial charge in [-0.2, -0.15) is 0 Å². The molecule has 1 aromatic rings. The van der Waals surface area contributed by atoms with Crippen LogP contribution in [0, 0.1) is 6.92 Å². The molecule has 1 rings (SSSR count). The Hall–Kier alpha value is -1.26. The summed E-state index contributed by atoms with van der Waals surface area (Å²) >= 11 is 0. The van der Waals surface area contributed by atoms with Crippen molar-refractivity contribution in [1.82, 2.24) is 0 Å². The van der Waals surface area contributed by atoms with Crippen LogP contribution in [-0.2, 0) is 0 Å². The van der Waals surface area contributed by atoms with Crippen molar-refractivity contribution in [2.45, 2.75) is 19.8 Å². The van der Waals surface area contributed by atoms with Crippen LogP contribution in [0.15, 0.2) is 30.9 Å². The minimum absolute atomic E-state index is 0.415. The molecule has 1 aromatic carbocycles. The van der Waals surface area contributed by atoms with Crippen molar-refractivity contribution in [3.63, 3.8) is 0 Å². The van der Waals surface area contributed by atoms with E-state index in [4.69, 9.17) is 4.74 Å². The molecule has 0 amide bonds. The van der Waals surface area contributed by atoms with Gasteiger partial charge >= 0.3 is 7.12 Å². The molecule has 0 radical (unpaired) electrons. The summed E-state index contributed by atoms with van der Waals surface area (Å²) < 4.78 is 5.49. The van der Waals surface area contributed by atoms with Gasteiger partial charge in [0.25, 0.3) is 0 Å². The van der Waals surface area contributed by atoms with E-state index in [2.05, 4.69) is 6.58 Å². The van der Waals surface area contributed by atoms with Crippen LogP contribution >= 0.6 is 0 Å². The lowest BCUT2D eigenvalue weighted by atomic mass is 9.79. The average molecular weight is 220 g/mol. The van der Waals surface area contributed by atoms with Crippen molar-refractivity contribution in [2.75, 3.05) is 6.61 Å². The van der Waals surface area contributed by atoms with E-state index in [0.717, 1.165) is 18.4 Å². The minimum atomic E-state index is -1.49. The molecule has 0 atom stereocenters. The quantitative estimate of drug-likeness (QED) is 0.427. The summed E-state index contributed by atoms with van der Waals surface area (Å²) in [4.78, 5) is 0. The lowest BCUT2D eigenvalue weighted by molar-refractivity contribution is 0.312. The molecule has 0 aliphatic carbocycles. The Morgan fingerprint density at radius 1 is 1.44 bits per heavy atom. The van der Waals surface area contributed by atoms with Crippen LogP contribution < -0.4 is 10.2 Å². The summed E-state index contributed by atoms with van der Waals surface area (Å²) in [5.41, 5.74) is 1.39. The van der Waals surface area contributed by atoms with Gasteiger partial charge in [0.2, 0.25) is 0 Å². The van der Waals surface area contributed by atoms with Crippen LogP contribution in [0.25, 0.3) is 0 Å². The van der Waals surface area contributed by atoms with Crippen molar-refractivity contribution in [3.05, 3.63) is 36.4 Å². The average Bonchev–Trinajstić information content (AvgIpc) is 2.26. The lowest BCUT2D eigenvalue weighted by Gasteiger charge is -2.11. The minimum Gasteiger partial charge on any atom is -0.494 e. The zero-order valence-corrected chi connectivity index (χ0v) is 9.52. The third kappa shape index (κ3) is 3.72. The standard InChI is InChI=1S/C12H17BO3/c1-3-4-5-8-16-12-7-6-10(2)9-11(12)13(14)15/h3,6-7,9,14-15H,1,4-5,8H2,2H3. The summed E-state index contributed by atoms with van der Waals surface area (Å²) in [6, 6.07) is 5.36. The van der Waals surface area contributed by atoms with E-state index in [1.807, 2.05) is 19.1 Å². The molecule has 0 spiro atoms. The molecule has 0 aliphatic heterocycles. The van der Waals surface area contributed by atoms with E-state index < -0.39 is 7.12 Å². The first kappa shape index (κ1) is 12.8. The molecule has 0 saturated carbocycles. The topological polar surface area (TPSA) is 49.7 Å². The van der Waals surface area contributed by atoms with Gasteiger partial charge in [0.05, 0.1) is 6.61 Å². The molecule has 0 fully saturated rings. The lowest BCUT2D eigenvalue weighted by Crippen LogP contribution is -2.31. The summed E-state index contributed by atoms with van der Waals surface area (Å²) in [7, 11) is -1.49. The number of benzene rings is 1. The molecule has 0 aromatic heterocycles. The Morgan fingerprint density at radius 2 is 2.19 bits per heavy atom. The van der Waals surface area contributed by atoms with Crippen molar-refractivity contribution < 1.29 is 14.8 Å². The van der Waals surface area contributed by atoms with Gasteiger partial charge in [-0.15, -0.1) is 6.58 Å². The monoisotopic (exact) mass is 220 g/mol. The maximum absolute atomic E-state index is 9.19. The Morgan fingerprint density at radius 3 is 2.81 bits per heavy atom. The fraction of sp³-hybridized carbons (Fsp3) is 0.333. The molecule has 0 aliphatic rings. The molecule has 16 heavy (non-hydrogen) atoms. The first-order valence-electron chi connectivity index (χ1n) is 5.35. The molecule has 2 N–H and O–H groups in total. The van der Waals surface area contributed by atoms with Gasteiger partial charge in [0.1, 0.15) is 5.75 Å². The predicted molar refractivity (Wildman–Crippen MR) is 65.9 cm³/mol. The molecular weight excluding hydrogens is 203 g/mol. The Kier molecular flexibility index (Phi) is 5.09. The molecule has 0 heterocycles. The van der Waals surface area contributed by atoms with Crippen molar-refractivity contribution in [3.8, 4) is 5.75 Å². The Bertz CT molecular complexity index is 350. The van der Waals surface area contributed by atoms with E-state index in [1.54, 1.807) is 12.1 Å². The smallest absolute Gasteiger partial charge is 0.492 e. The molecule has 0 saturated heterocycles. The summed E-state index contributed by atoms with van der Waals surface area (Å²) in [6.45, 7) is 6.07. The largest absolute Gasteiger partial charge is 0.494 e. The van der Waals surface area contributed by atoms with Crippen LogP contribution in [-0.4, -0.2) is 23.8 Å². The van der Waals surface area contributed by atoms with E-state index >= 15 is 0 Å². The number of hydrogen-bond acceptors (Lipinski definition) is 3. The first-order chi connectivity index (χ1) is 7.65. The molecule has 0 unspecified atom stereocenters. The molecule has 3 nitrogen and oxygen atoms in total. The van der Waals surface area contributed by atoms with E-state index in [9.17, 15) is 10.0 Å². The molecule has 86 valence electrons. The van der Waals surface area contributed by atoms with Gasteiger partial charge in [-0.3, -0.25) is 0 Å². The van der Waals surface area contributed by atoms with Crippen LogP contribution in [0.1, 0.15) is 18.4 Å². The number of hydrogen-bond donors (Lipinski definition) is 2. The Labute approximate surface area is 96.5 Å². The highest BCUT2D eigenvalue weighted by molar-refractivity contribution is 6.59. The highest BCUT2D eigenvalue weighted by atomic mass is 16.5. The summed E-state index contributed by atoms with van der Waals surface area (Å²) in [5, 5.41) is 18.4. The third-order valence-corrected chi connectivity index (χ3v) is 2.25. The number of allylic oxidation sites excluding steroid dienone is 1. The second-order valence-corrected chi connectivity index (χ2v) is 3.69. The van der Waals surface area contributed by atoms with Gasteiger partial charge in [-0.25, -0.2) is 0 Å². The van der Waals surface area contributed by atoms with E-state index in [1.165, 1.54) is 0 Å². The maximum Gasteiger partial charge on any atom is 0.492 e. The van der Waals surface area contributed by atoms with Crippen LogP contribution in [0.2, 0.25) is 0 Å². The number of unbranched alkanes of at least 4 members (excludes halogenated alkanes) is 1. The maximum atomic E-state index is 9.19. The van der Waals surface area contributed by atoms with E-state index in [0.29, 0.717) is 17.8 Å². The SMILES string of the molecule is C=CCCCOc1ccc(C)cc1B(O)O. The highest BCUT2D eigenvalue weighted by Crippen LogP contribution is 2.10. The van der Waals surface area contributed by atoms with Crippen molar-refractivity contribution in [1.29, 1.82) is 0 Å². The van der Waals surface area contributed by atoms with Gasteiger partial charge in [0.15, 0.2) is 0 Å². The molecule has 0 bridgehead atoms. The summed E-state index contributed by atoms with van der Waals surface area (Å²) in [6.07, 6.45) is 3.60. The van der Waals surface area contributed by atoms with Crippen LogP contribution in [0.3, 0.4) is 0 Å². The first-order valence-corrected chi connectivity index (χ1v) is 5.35. The van der Waals surface area contributed by atoms with Crippen LogP contribution in [0.4, 0.5) is 0 Å². The second-order valence-electron chi connectivity index (χ2n) is 3.69. The number of rotatable bonds is 6. The molecular formula is C12H17BO3. The van der Waals surface area contributed by atoms with Crippen molar-refractivity contribution >= 4 is 12.6 Å². The molecule has 4 heteroatoms. The van der Waals surface area contributed by atoms with Crippen LogP contribution in [0.5, 0.6) is 5.75 Å². The number of aryl methyl sites for hydroxylation is 1. The zero-order chi connectivity index (χ0) is 12.0. The number of ether oxygens (including phenoxy) is 1. The second kappa shape index (κ2) is 6.35. The van der Waals surface area contributed by atoms with E-state index in [-0.39, 0.29) is 0 Å².